The maximum Gasteiger partial charge on any atom is 0.0227 e. The van der Waals surface area contributed by atoms with Gasteiger partial charge in [0, 0.05) is 19.1 Å². The van der Waals surface area contributed by atoms with Crippen molar-refractivity contribution in [2.75, 3.05) is 33.7 Å². The Morgan fingerprint density at radius 1 is 1.00 bits per heavy atom. The van der Waals surface area contributed by atoms with Crippen LogP contribution in [0.5, 0.6) is 0 Å². The average Bonchev–Trinajstić information content (AvgIpc) is 2.59. The molecule has 0 aromatic heterocycles. The highest BCUT2D eigenvalue weighted by Crippen LogP contribution is 2.13. The van der Waals surface area contributed by atoms with E-state index in [1.54, 1.807) is 0 Å². The monoisotopic (exact) mass is 331 g/mol. The van der Waals surface area contributed by atoms with E-state index in [1.807, 2.05) is 0 Å². The molecule has 3 heteroatoms. The van der Waals surface area contributed by atoms with Gasteiger partial charge in [0.2, 0.25) is 0 Å². The van der Waals surface area contributed by atoms with E-state index in [1.165, 1.54) is 69.3 Å². The molecule has 0 saturated carbocycles. The van der Waals surface area contributed by atoms with Gasteiger partial charge in [0.15, 0.2) is 0 Å². The summed E-state index contributed by atoms with van der Waals surface area (Å²) >= 11 is 0. The Morgan fingerprint density at radius 3 is 2.29 bits per heavy atom. The molecule has 3 nitrogen and oxygen atoms in total. The van der Waals surface area contributed by atoms with Crippen LogP contribution in [0.1, 0.15) is 56.6 Å². The molecule has 0 atom stereocenters. The third-order valence-electron chi connectivity index (χ3n) is 5.03. The van der Waals surface area contributed by atoms with Gasteiger partial charge in [-0.1, -0.05) is 50.5 Å². The Bertz CT molecular complexity index is 433. The molecule has 1 saturated heterocycles. The zero-order valence-electron chi connectivity index (χ0n) is 16.1. The molecule has 0 unspecified atom stereocenters. The van der Waals surface area contributed by atoms with Crippen LogP contribution in [0.25, 0.3) is 0 Å². The molecule has 1 aromatic rings. The molecule has 2 rings (SSSR count). The molecule has 136 valence electrons. The SMILES string of the molecule is CCCCCCN1CCC(NCc2ccc(CN(C)C)cc2)CC1. The lowest BCUT2D eigenvalue weighted by Gasteiger charge is -2.32. The van der Waals surface area contributed by atoms with E-state index in [2.05, 4.69) is 60.4 Å². The standard InChI is InChI=1S/C21H37N3/c1-4-5-6-7-14-24-15-12-21(13-16-24)22-17-19-8-10-20(11-9-19)18-23(2)3/h8-11,21-22H,4-7,12-18H2,1-3H3. The van der Waals surface area contributed by atoms with Crippen molar-refractivity contribution in [1.82, 2.24) is 15.1 Å². The zero-order chi connectivity index (χ0) is 17.2. The van der Waals surface area contributed by atoms with E-state index >= 15 is 0 Å². The first-order chi connectivity index (χ1) is 11.7. The van der Waals surface area contributed by atoms with Crippen molar-refractivity contribution in [2.45, 2.75) is 64.6 Å². The molecule has 1 aliphatic rings. The average molecular weight is 332 g/mol. The number of hydrogen-bond acceptors (Lipinski definition) is 3. The maximum absolute atomic E-state index is 3.76. The predicted molar refractivity (Wildman–Crippen MR) is 104 cm³/mol. The molecular formula is C21H37N3. The van der Waals surface area contributed by atoms with Crippen LogP contribution in [0.4, 0.5) is 0 Å². The largest absolute Gasteiger partial charge is 0.310 e. The molecular weight excluding hydrogens is 294 g/mol. The number of nitrogens with one attached hydrogen (secondary N) is 1. The predicted octanol–water partition coefficient (Wildman–Crippen LogP) is 3.88. The minimum atomic E-state index is 0.693. The van der Waals surface area contributed by atoms with Crippen LogP contribution in [0.15, 0.2) is 24.3 Å². The summed E-state index contributed by atoms with van der Waals surface area (Å²) in [6.45, 7) is 8.15. The number of benzene rings is 1. The van der Waals surface area contributed by atoms with Gasteiger partial charge in [-0.25, -0.2) is 0 Å². The van der Waals surface area contributed by atoms with Gasteiger partial charge in [-0.2, -0.15) is 0 Å². The first-order valence-corrected chi connectivity index (χ1v) is 9.85. The van der Waals surface area contributed by atoms with Gasteiger partial charge in [0.1, 0.15) is 0 Å². The van der Waals surface area contributed by atoms with Crippen LogP contribution in [0.2, 0.25) is 0 Å². The molecule has 0 aliphatic carbocycles. The van der Waals surface area contributed by atoms with Gasteiger partial charge in [-0.15, -0.1) is 0 Å². The second kappa shape index (κ2) is 10.9. The summed E-state index contributed by atoms with van der Waals surface area (Å²) in [5.74, 6) is 0. The molecule has 0 amide bonds. The van der Waals surface area contributed by atoms with Gasteiger partial charge in [0.05, 0.1) is 0 Å². The summed E-state index contributed by atoms with van der Waals surface area (Å²) in [4.78, 5) is 4.87. The summed E-state index contributed by atoms with van der Waals surface area (Å²) in [7, 11) is 4.23. The van der Waals surface area contributed by atoms with Crippen molar-refractivity contribution in [2.24, 2.45) is 0 Å². The number of hydrogen-bond donors (Lipinski definition) is 1. The van der Waals surface area contributed by atoms with Crippen molar-refractivity contribution in [3.63, 3.8) is 0 Å². The Hall–Kier alpha value is -0.900. The van der Waals surface area contributed by atoms with Crippen molar-refractivity contribution in [1.29, 1.82) is 0 Å². The van der Waals surface area contributed by atoms with Gasteiger partial charge in [-0.05, 0) is 64.1 Å². The Labute approximate surface area is 149 Å². The third kappa shape index (κ3) is 7.33. The molecule has 1 heterocycles. The van der Waals surface area contributed by atoms with Crippen LogP contribution in [-0.2, 0) is 13.1 Å². The first kappa shape index (κ1) is 19.4. The lowest BCUT2D eigenvalue weighted by atomic mass is 10.0. The van der Waals surface area contributed by atoms with E-state index in [-0.39, 0.29) is 0 Å². The van der Waals surface area contributed by atoms with Crippen LogP contribution in [0, 0.1) is 0 Å². The third-order valence-corrected chi connectivity index (χ3v) is 5.03. The normalized spacial score (nSPS) is 16.8. The van der Waals surface area contributed by atoms with E-state index in [0.29, 0.717) is 6.04 Å². The number of rotatable bonds is 10. The second-order valence-corrected chi connectivity index (χ2v) is 7.61. The number of nitrogens with zero attached hydrogens (tertiary/aromatic N) is 2. The van der Waals surface area contributed by atoms with Crippen molar-refractivity contribution < 1.29 is 0 Å². The summed E-state index contributed by atoms with van der Waals surface area (Å²) < 4.78 is 0. The minimum Gasteiger partial charge on any atom is -0.310 e. The Balaban J connectivity index is 1.62. The van der Waals surface area contributed by atoms with Gasteiger partial charge < -0.3 is 15.1 Å². The molecule has 1 aromatic carbocycles. The highest BCUT2D eigenvalue weighted by Gasteiger charge is 2.18. The first-order valence-electron chi connectivity index (χ1n) is 9.85. The summed E-state index contributed by atoms with van der Waals surface area (Å²) in [6.07, 6.45) is 8.11. The topological polar surface area (TPSA) is 18.5 Å². The van der Waals surface area contributed by atoms with E-state index < -0.39 is 0 Å². The van der Waals surface area contributed by atoms with E-state index in [0.717, 1.165) is 13.1 Å². The fourth-order valence-electron chi connectivity index (χ4n) is 3.51. The van der Waals surface area contributed by atoms with Crippen molar-refractivity contribution in [3.05, 3.63) is 35.4 Å². The van der Waals surface area contributed by atoms with Crippen molar-refractivity contribution >= 4 is 0 Å². The smallest absolute Gasteiger partial charge is 0.0227 e. The molecule has 24 heavy (non-hydrogen) atoms. The van der Waals surface area contributed by atoms with Gasteiger partial charge in [-0.3, -0.25) is 0 Å². The van der Waals surface area contributed by atoms with Gasteiger partial charge in [0.25, 0.3) is 0 Å². The van der Waals surface area contributed by atoms with Crippen LogP contribution in [-0.4, -0.2) is 49.6 Å². The van der Waals surface area contributed by atoms with E-state index in [9.17, 15) is 0 Å². The Morgan fingerprint density at radius 2 is 1.67 bits per heavy atom. The fraction of sp³-hybridized carbons (Fsp3) is 0.714. The fourth-order valence-corrected chi connectivity index (χ4v) is 3.51. The molecule has 1 N–H and O–H groups in total. The molecule has 0 spiro atoms. The molecule has 1 aliphatic heterocycles. The summed E-state index contributed by atoms with van der Waals surface area (Å²) in [5.41, 5.74) is 2.79. The van der Waals surface area contributed by atoms with Crippen molar-refractivity contribution in [3.8, 4) is 0 Å². The second-order valence-electron chi connectivity index (χ2n) is 7.61. The van der Waals surface area contributed by atoms with E-state index in [4.69, 9.17) is 0 Å². The van der Waals surface area contributed by atoms with Crippen LogP contribution >= 0.6 is 0 Å². The van der Waals surface area contributed by atoms with Gasteiger partial charge >= 0.3 is 0 Å². The highest BCUT2D eigenvalue weighted by molar-refractivity contribution is 5.22. The Kier molecular flexibility index (Phi) is 8.79. The van der Waals surface area contributed by atoms with Crippen LogP contribution < -0.4 is 5.32 Å². The number of piperidine rings is 1. The molecule has 0 radical (unpaired) electrons. The summed E-state index contributed by atoms with van der Waals surface area (Å²) in [6, 6.07) is 9.76. The lowest BCUT2D eigenvalue weighted by molar-refractivity contribution is 0.194. The molecule has 0 bridgehead atoms. The van der Waals surface area contributed by atoms with Crippen LogP contribution in [0.3, 0.4) is 0 Å². The number of likely N-dealkylation sites (tertiary alicyclic amines) is 1. The highest BCUT2D eigenvalue weighted by atomic mass is 15.1. The summed E-state index contributed by atoms with van der Waals surface area (Å²) in [5, 5.41) is 3.76. The quantitative estimate of drug-likeness (QED) is 0.656. The maximum atomic E-state index is 3.76. The minimum absolute atomic E-state index is 0.693. The zero-order valence-corrected chi connectivity index (χ0v) is 16.1. The number of unbranched alkanes of at least 4 members (excludes halogenated alkanes) is 3. The molecule has 1 fully saturated rings. The lowest BCUT2D eigenvalue weighted by Crippen LogP contribution is -2.42.